The van der Waals surface area contributed by atoms with Crippen LogP contribution >= 0.6 is 0 Å². The average molecular weight is 278 g/mol. The van der Waals surface area contributed by atoms with Crippen LogP contribution in [-0.4, -0.2) is 31.0 Å². The zero-order chi connectivity index (χ0) is 13.8. The highest BCUT2D eigenvalue weighted by Crippen LogP contribution is 2.32. The maximum absolute atomic E-state index is 10.2. The first-order valence-electron chi connectivity index (χ1n) is 7.52. The molecule has 0 radical (unpaired) electrons. The summed E-state index contributed by atoms with van der Waals surface area (Å²) >= 11 is 0. The Labute approximate surface area is 119 Å². The number of hydrogen-bond donors (Lipinski definition) is 1. The second kappa shape index (κ2) is 6.46. The zero-order valence-corrected chi connectivity index (χ0v) is 11.7. The smallest absolute Gasteiger partial charge is 0.161 e. The molecule has 1 aromatic rings. The highest BCUT2D eigenvalue weighted by Gasteiger charge is 2.19. The van der Waals surface area contributed by atoms with Crippen LogP contribution in [0.1, 0.15) is 43.8 Å². The molecule has 1 heterocycles. The first kappa shape index (κ1) is 13.7. The molecule has 0 saturated heterocycles. The summed E-state index contributed by atoms with van der Waals surface area (Å²) in [6.07, 6.45) is 5.33. The summed E-state index contributed by atoms with van der Waals surface area (Å²) in [6.45, 7) is 1.69. The Morgan fingerprint density at radius 3 is 2.65 bits per heavy atom. The number of rotatable bonds is 4. The van der Waals surface area contributed by atoms with E-state index in [4.69, 9.17) is 14.2 Å². The van der Waals surface area contributed by atoms with E-state index in [9.17, 15) is 5.11 Å². The fourth-order valence-electron chi connectivity index (χ4n) is 2.77. The van der Waals surface area contributed by atoms with E-state index in [0.29, 0.717) is 25.9 Å². The summed E-state index contributed by atoms with van der Waals surface area (Å²) in [7, 11) is 0. The van der Waals surface area contributed by atoms with Gasteiger partial charge in [0.2, 0.25) is 0 Å². The number of ether oxygens (including phenoxy) is 3. The summed E-state index contributed by atoms with van der Waals surface area (Å²) in [6, 6.07) is 5.62. The van der Waals surface area contributed by atoms with Gasteiger partial charge in [-0.05, 0) is 30.5 Å². The molecule has 3 rings (SSSR count). The minimum atomic E-state index is -0.604. The predicted octanol–water partition coefficient (Wildman–Crippen LogP) is 2.84. The molecule has 1 unspecified atom stereocenters. The fraction of sp³-hybridized carbons (Fsp3) is 0.625. The molecule has 0 bridgehead atoms. The molecule has 4 heteroatoms. The maximum atomic E-state index is 10.2. The van der Waals surface area contributed by atoms with Crippen molar-refractivity contribution in [2.45, 2.75) is 44.3 Å². The van der Waals surface area contributed by atoms with E-state index in [1.165, 1.54) is 12.8 Å². The third kappa shape index (κ3) is 3.25. The molecule has 0 spiro atoms. The molecule has 1 atom stereocenters. The van der Waals surface area contributed by atoms with Crippen molar-refractivity contribution < 1.29 is 19.3 Å². The summed E-state index contributed by atoms with van der Waals surface area (Å²) in [4.78, 5) is 0. The van der Waals surface area contributed by atoms with Crippen LogP contribution in [0.3, 0.4) is 0 Å². The number of aliphatic hydroxyl groups is 1. The van der Waals surface area contributed by atoms with Crippen molar-refractivity contribution in [3.63, 3.8) is 0 Å². The van der Waals surface area contributed by atoms with Gasteiger partial charge in [-0.15, -0.1) is 0 Å². The van der Waals surface area contributed by atoms with Crippen molar-refractivity contribution in [1.29, 1.82) is 0 Å². The van der Waals surface area contributed by atoms with Crippen LogP contribution in [-0.2, 0) is 4.74 Å². The molecular formula is C16H22O4. The van der Waals surface area contributed by atoms with Crippen molar-refractivity contribution in [3.8, 4) is 11.5 Å². The Morgan fingerprint density at radius 1 is 1.10 bits per heavy atom. The number of aliphatic hydroxyl groups excluding tert-OH is 1. The van der Waals surface area contributed by atoms with Crippen LogP contribution in [0.5, 0.6) is 11.5 Å². The first-order valence-corrected chi connectivity index (χ1v) is 7.52. The number of benzene rings is 1. The molecule has 1 fully saturated rings. The Hall–Kier alpha value is -1.26. The molecule has 1 N–H and O–H groups in total. The predicted molar refractivity (Wildman–Crippen MR) is 75.2 cm³/mol. The lowest BCUT2D eigenvalue weighted by Gasteiger charge is -2.17. The lowest BCUT2D eigenvalue weighted by Crippen LogP contribution is -2.14. The van der Waals surface area contributed by atoms with E-state index in [-0.39, 0.29) is 0 Å². The highest BCUT2D eigenvalue weighted by molar-refractivity contribution is 5.44. The van der Waals surface area contributed by atoms with E-state index in [2.05, 4.69) is 0 Å². The number of hydrogen-bond acceptors (Lipinski definition) is 4. The molecule has 0 amide bonds. The molecule has 1 aromatic carbocycles. The molecule has 1 saturated carbocycles. The molecule has 110 valence electrons. The van der Waals surface area contributed by atoms with Crippen LogP contribution in [0, 0.1) is 0 Å². The quantitative estimate of drug-likeness (QED) is 0.920. The van der Waals surface area contributed by atoms with E-state index >= 15 is 0 Å². The number of fused-ring (bicyclic) bond motifs is 1. The molecule has 4 nitrogen and oxygen atoms in total. The lowest BCUT2D eigenvalue weighted by atomic mass is 10.1. The minimum Gasteiger partial charge on any atom is -0.490 e. The van der Waals surface area contributed by atoms with E-state index < -0.39 is 6.10 Å². The lowest BCUT2D eigenvalue weighted by molar-refractivity contribution is -0.00706. The van der Waals surface area contributed by atoms with Gasteiger partial charge in [-0.3, -0.25) is 0 Å². The topological polar surface area (TPSA) is 47.9 Å². The van der Waals surface area contributed by atoms with Crippen molar-refractivity contribution >= 4 is 0 Å². The van der Waals surface area contributed by atoms with E-state index in [1.54, 1.807) is 0 Å². The van der Waals surface area contributed by atoms with Gasteiger partial charge in [0.25, 0.3) is 0 Å². The van der Waals surface area contributed by atoms with Crippen LogP contribution in [0.15, 0.2) is 18.2 Å². The minimum absolute atomic E-state index is 0.324. The average Bonchev–Trinajstić information content (AvgIpc) is 2.88. The Bertz CT molecular complexity index is 440. The maximum Gasteiger partial charge on any atom is 0.161 e. The molecule has 20 heavy (non-hydrogen) atoms. The standard InChI is InChI=1S/C16H22O4/c17-14(11-20-13-4-1-2-5-13)12-6-7-15-16(10-12)19-9-3-8-18-15/h6-7,10,13-14,17H,1-5,8-9,11H2. The monoisotopic (exact) mass is 278 g/mol. The molecule has 1 aliphatic carbocycles. The SMILES string of the molecule is OC(COC1CCCC1)c1ccc2c(c1)OCCCO2. The Morgan fingerprint density at radius 2 is 1.85 bits per heavy atom. The van der Waals surface area contributed by atoms with Gasteiger partial charge < -0.3 is 19.3 Å². The second-order valence-corrected chi connectivity index (χ2v) is 5.51. The van der Waals surface area contributed by atoms with Gasteiger partial charge in [-0.25, -0.2) is 0 Å². The third-order valence-electron chi connectivity index (χ3n) is 3.95. The van der Waals surface area contributed by atoms with Crippen molar-refractivity contribution in [1.82, 2.24) is 0 Å². The van der Waals surface area contributed by atoms with Crippen LogP contribution in [0.25, 0.3) is 0 Å². The molecule has 2 aliphatic rings. The summed E-state index contributed by atoms with van der Waals surface area (Å²) in [5, 5.41) is 10.2. The van der Waals surface area contributed by atoms with E-state index in [0.717, 1.165) is 36.3 Å². The zero-order valence-electron chi connectivity index (χ0n) is 11.7. The van der Waals surface area contributed by atoms with Gasteiger partial charge in [-0.2, -0.15) is 0 Å². The molecular weight excluding hydrogens is 256 g/mol. The summed E-state index contributed by atoms with van der Waals surface area (Å²) < 4.78 is 17.0. The normalized spacial score (nSPS) is 20.6. The van der Waals surface area contributed by atoms with Gasteiger partial charge in [0.1, 0.15) is 6.10 Å². The van der Waals surface area contributed by atoms with Crippen LogP contribution in [0.4, 0.5) is 0 Å². The van der Waals surface area contributed by atoms with Crippen LogP contribution < -0.4 is 9.47 Å². The van der Waals surface area contributed by atoms with Crippen molar-refractivity contribution in [2.75, 3.05) is 19.8 Å². The largest absolute Gasteiger partial charge is 0.490 e. The highest BCUT2D eigenvalue weighted by atomic mass is 16.5. The molecule has 1 aliphatic heterocycles. The Kier molecular flexibility index (Phi) is 4.43. The van der Waals surface area contributed by atoms with E-state index in [1.807, 2.05) is 18.2 Å². The van der Waals surface area contributed by atoms with Gasteiger partial charge in [0.15, 0.2) is 11.5 Å². The van der Waals surface area contributed by atoms with Gasteiger partial charge >= 0.3 is 0 Å². The third-order valence-corrected chi connectivity index (χ3v) is 3.95. The van der Waals surface area contributed by atoms with Gasteiger partial charge in [0.05, 0.1) is 25.9 Å². The van der Waals surface area contributed by atoms with Crippen molar-refractivity contribution in [3.05, 3.63) is 23.8 Å². The Balaban J connectivity index is 1.62. The first-order chi connectivity index (χ1) is 9.83. The van der Waals surface area contributed by atoms with Crippen molar-refractivity contribution in [2.24, 2.45) is 0 Å². The van der Waals surface area contributed by atoms with Crippen LogP contribution in [0.2, 0.25) is 0 Å². The second-order valence-electron chi connectivity index (χ2n) is 5.51. The van der Waals surface area contributed by atoms with Gasteiger partial charge in [-0.1, -0.05) is 18.9 Å². The summed E-state index contributed by atoms with van der Waals surface area (Å²) in [5.74, 6) is 1.48. The summed E-state index contributed by atoms with van der Waals surface area (Å²) in [5.41, 5.74) is 0.826. The molecule has 0 aromatic heterocycles. The van der Waals surface area contributed by atoms with Gasteiger partial charge in [0, 0.05) is 6.42 Å². The fourth-order valence-corrected chi connectivity index (χ4v) is 2.77.